The second-order valence-corrected chi connectivity index (χ2v) is 7.62. The van der Waals surface area contributed by atoms with Gasteiger partial charge in [-0.05, 0) is 41.8 Å². The van der Waals surface area contributed by atoms with E-state index >= 15 is 0 Å². The fourth-order valence-corrected chi connectivity index (χ4v) is 3.85. The average Bonchev–Trinajstić information content (AvgIpc) is 3.45. The van der Waals surface area contributed by atoms with Crippen LogP contribution in [0, 0.1) is 11.3 Å². The lowest BCUT2D eigenvalue weighted by molar-refractivity contribution is 0.271. The number of fused-ring (bicyclic) bond motifs is 1. The minimum atomic E-state index is 0.214. The molecule has 0 unspecified atom stereocenters. The van der Waals surface area contributed by atoms with Gasteiger partial charge >= 0.3 is 0 Å². The molecule has 7 heteroatoms. The number of benzene rings is 2. The fraction of sp³-hybridized carbons (Fsp3) is 0.167. The number of nitrogens with zero attached hydrogens (tertiary/aromatic N) is 3. The lowest BCUT2D eigenvalue weighted by Gasteiger charge is -2.28. The largest absolute Gasteiger partial charge is 0.484 e. The summed E-state index contributed by atoms with van der Waals surface area (Å²) in [5, 5.41) is 10.1. The van der Waals surface area contributed by atoms with Crippen molar-refractivity contribution in [2.45, 2.75) is 19.6 Å². The Labute approximate surface area is 184 Å². The molecule has 4 aromatic rings. The molecule has 0 N–H and O–H groups in total. The predicted molar refractivity (Wildman–Crippen MR) is 116 cm³/mol. The number of halogens is 1. The Hall–Kier alpha value is -3.69. The Kier molecular flexibility index (Phi) is 5.11. The van der Waals surface area contributed by atoms with Crippen LogP contribution in [0.1, 0.15) is 22.6 Å². The Bertz CT molecular complexity index is 1270. The summed E-state index contributed by atoms with van der Waals surface area (Å²) in [6.45, 7) is 1.65. The zero-order valence-electron chi connectivity index (χ0n) is 16.5. The van der Waals surface area contributed by atoms with Gasteiger partial charge in [-0.25, -0.2) is 0 Å². The summed E-state index contributed by atoms with van der Waals surface area (Å²) in [6.07, 6.45) is 0.890. The van der Waals surface area contributed by atoms with Crippen molar-refractivity contribution in [2.24, 2.45) is 0 Å². The maximum absolute atomic E-state index is 9.58. The van der Waals surface area contributed by atoms with E-state index in [0.717, 1.165) is 13.0 Å². The molecule has 0 bridgehead atoms. The van der Waals surface area contributed by atoms with Crippen molar-refractivity contribution in [3.63, 3.8) is 0 Å². The molecule has 5 rings (SSSR count). The summed E-state index contributed by atoms with van der Waals surface area (Å²) in [6, 6.07) is 21.2. The molecule has 2 aromatic carbocycles. The van der Waals surface area contributed by atoms with Crippen molar-refractivity contribution in [1.29, 1.82) is 5.26 Å². The second-order valence-electron chi connectivity index (χ2n) is 7.21. The number of rotatable bonds is 5. The van der Waals surface area contributed by atoms with Gasteiger partial charge in [-0.1, -0.05) is 48.0 Å². The van der Waals surface area contributed by atoms with Crippen LogP contribution in [-0.4, -0.2) is 11.5 Å². The van der Waals surface area contributed by atoms with E-state index in [1.165, 1.54) is 11.1 Å². The molecule has 154 valence electrons. The smallest absolute Gasteiger partial charge is 0.266 e. The Morgan fingerprint density at radius 1 is 1.03 bits per heavy atom. The molecule has 0 fully saturated rings. The number of aromatic nitrogens is 1. The van der Waals surface area contributed by atoms with Crippen molar-refractivity contribution in [2.75, 3.05) is 11.4 Å². The fourth-order valence-electron chi connectivity index (χ4n) is 3.65. The van der Waals surface area contributed by atoms with Gasteiger partial charge in [-0.2, -0.15) is 10.2 Å². The number of oxazole rings is 1. The van der Waals surface area contributed by atoms with Gasteiger partial charge in [-0.3, -0.25) is 0 Å². The lowest BCUT2D eigenvalue weighted by atomic mass is 10.00. The van der Waals surface area contributed by atoms with E-state index in [1.54, 1.807) is 24.3 Å². The topological polar surface area (TPSA) is 75.4 Å². The van der Waals surface area contributed by atoms with Crippen molar-refractivity contribution in [1.82, 2.24) is 4.98 Å². The van der Waals surface area contributed by atoms with Gasteiger partial charge in [0.2, 0.25) is 11.6 Å². The minimum Gasteiger partial charge on any atom is -0.484 e. The van der Waals surface area contributed by atoms with Gasteiger partial charge in [0.1, 0.15) is 24.2 Å². The highest BCUT2D eigenvalue weighted by Crippen LogP contribution is 2.32. The first-order chi connectivity index (χ1) is 15.2. The number of hydrogen-bond acceptors (Lipinski definition) is 6. The van der Waals surface area contributed by atoms with Crippen LogP contribution in [0.3, 0.4) is 0 Å². The first-order valence-electron chi connectivity index (χ1n) is 9.90. The summed E-state index contributed by atoms with van der Waals surface area (Å²) in [7, 11) is 0. The molecular weight excluding hydrogens is 414 g/mol. The molecular formula is C24H18ClN3O3. The first kappa shape index (κ1) is 19.3. The van der Waals surface area contributed by atoms with Crippen molar-refractivity contribution < 1.29 is 13.6 Å². The van der Waals surface area contributed by atoms with E-state index in [9.17, 15) is 5.26 Å². The molecule has 0 spiro atoms. The van der Waals surface area contributed by atoms with Gasteiger partial charge < -0.3 is 18.5 Å². The van der Waals surface area contributed by atoms with E-state index in [1.807, 2.05) is 29.2 Å². The van der Waals surface area contributed by atoms with E-state index in [2.05, 4.69) is 23.2 Å². The maximum Gasteiger partial charge on any atom is 0.266 e. The summed E-state index contributed by atoms with van der Waals surface area (Å²) >= 11 is 6.12. The van der Waals surface area contributed by atoms with Crippen LogP contribution in [0.5, 0.6) is 5.75 Å². The highest BCUT2D eigenvalue weighted by Gasteiger charge is 2.25. The monoisotopic (exact) mass is 431 g/mol. The summed E-state index contributed by atoms with van der Waals surface area (Å²) in [5.74, 6) is 2.36. The Morgan fingerprint density at radius 2 is 1.84 bits per heavy atom. The van der Waals surface area contributed by atoms with Crippen molar-refractivity contribution in [3.05, 3.63) is 88.3 Å². The lowest BCUT2D eigenvalue weighted by Crippen LogP contribution is -2.30. The Morgan fingerprint density at radius 3 is 2.68 bits per heavy atom. The zero-order chi connectivity index (χ0) is 21.2. The third-order valence-electron chi connectivity index (χ3n) is 5.21. The van der Waals surface area contributed by atoms with Crippen molar-refractivity contribution >= 4 is 17.5 Å². The normalized spacial score (nSPS) is 13.0. The van der Waals surface area contributed by atoms with E-state index in [0.29, 0.717) is 34.7 Å². The molecule has 0 amide bonds. The van der Waals surface area contributed by atoms with Crippen LogP contribution in [0.15, 0.2) is 69.5 Å². The summed E-state index contributed by atoms with van der Waals surface area (Å²) in [5.41, 5.74) is 2.80. The third kappa shape index (κ3) is 3.88. The van der Waals surface area contributed by atoms with Gasteiger partial charge in [0.15, 0.2) is 5.76 Å². The van der Waals surface area contributed by atoms with Crippen LogP contribution in [0.2, 0.25) is 5.02 Å². The van der Waals surface area contributed by atoms with Crippen LogP contribution in [0.25, 0.3) is 11.7 Å². The van der Waals surface area contributed by atoms with Crippen LogP contribution < -0.4 is 9.64 Å². The third-order valence-corrected chi connectivity index (χ3v) is 5.52. The number of furan rings is 1. The number of para-hydroxylation sites is 1. The maximum atomic E-state index is 9.58. The average molecular weight is 432 g/mol. The molecule has 1 aliphatic heterocycles. The minimum absolute atomic E-state index is 0.214. The van der Waals surface area contributed by atoms with E-state index in [4.69, 9.17) is 25.2 Å². The molecule has 31 heavy (non-hydrogen) atoms. The van der Waals surface area contributed by atoms with Crippen LogP contribution in [0.4, 0.5) is 5.88 Å². The first-order valence-corrected chi connectivity index (χ1v) is 10.3. The standard InChI is InChI=1S/C24H18ClN3O3/c25-19-7-3-4-8-21(19)29-15-18-9-10-22(30-18)23-27-20(13-26)24(31-23)28-12-11-16-5-1-2-6-17(16)14-28/h1-10H,11-12,14-15H2. The molecule has 0 radical (unpaired) electrons. The molecule has 0 saturated heterocycles. The number of anilines is 1. The van der Waals surface area contributed by atoms with Gasteiger partial charge in [-0.15, -0.1) is 0 Å². The highest BCUT2D eigenvalue weighted by molar-refractivity contribution is 6.32. The number of ether oxygens (including phenoxy) is 1. The van der Waals surface area contributed by atoms with Crippen LogP contribution >= 0.6 is 11.6 Å². The van der Waals surface area contributed by atoms with Crippen molar-refractivity contribution in [3.8, 4) is 23.5 Å². The predicted octanol–water partition coefficient (Wildman–Crippen LogP) is 5.60. The molecule has 6 nitrogen and oxygen atoms in total. The highest BCUT2D eigenvalue weighted by atomic mass is 35.5. The summed E-state index contributed by atoms with van der Waals surface area (Å²) < 4.78 is 17.5. The molecule has 2 aromatic heterocycles. The quantitative estimate of drug-likeness (QED) is 0.409. The van der Waals surface area contributed by atoms with E-state index in [-0.39, 0.29) is 18.2 Å². The van der Waals surface area contributed by atoms with Gasteiger partial charge in [0.25, 0.3) is 5.89 Å². The number of nitriles is 1. The Balaban J connectivity index is 1.35. The number of hydrogen-bond donors (Lipinski definition) is 0. The SMILES string of the molecule is N#Cc1nc(-c2ccc(COc3ccccc3Cl)o2)oc1N1CCc2ccccc2C1. The van der Waals surface area contributed by atoms with Gasteiger partial charge in [0, 0.05) is 13.1 Å². The molecule has 0 saturated carbocycles. The van der Waals surface area contributed by atoms with Gasteiger partial charge in [0.05, 0.1) is 5.02 Å². The van der Waals surface area contributed by atoms with Crippen LogP contribution in [-0.2, 0) is 19.6 Å². The zero-order valence-corrected chi connectivity index (χ0v) is 17.3. The summed E-state index contributed by atoms with van der Waals surface area (Å²) in [4.78, 5) is 6.39. The molecule has 3 heterocycles. The van der Waals surface area contributed by atoms with E-state index < -0.39 is 0 Å². The molecule has 1 aliphatic rings. The molecule has 0 atom stereocenters. The molecule has 0 aliphatic carbocycles. The second kappa shape index (κ2) is 8.21.